The number of benzene rings is 2. The fourth-order valence-corrected chi connectivity index (χ4v) is 2.42. The molecule has 0 saturated carbocycles. The Hall–Kier alpha value is -0.744. The predicted octanol–water partition coefficient (Wildman–Crippen LogP) is 1.48. The summed E-state index contributed by atoms with van der Waals surface area (Å²) < 4.78 is 25.9. The average molecular weight is 561 g/mol. The number of aliphatic hydroxyl groups excluding tert-OH is 1. The minimum atomic E-state index is -0.986. The van der Waals surface area contributed by atoms with Crippen molar-refractivity contribution in [3.63, 3.8) is 0 Å². The van der Waals surface area contributed by atoms with E-state index in [0.717, 1.165) is 0 Å². The fraction of sp³-hybridized carbons (Fsp3) is 0.0556. The maximum Gasteiger partial charge on any atom is 2.00 e. The molecule has 2 aromatic carbocycles. The number of carbonyl (C=O) groups excluding carboxylic acids is 1. The first kappa shape index (κ1) is 30.0. The Morgan fingerprint density at radius 2 is 1.54 bits per heavy atom. The molecule has 1 N–H and O–H groups in total. The van der Waals surface area contributed by atoms with Crippen molar-refractivity contribution >= 4 is 61.2 Å². The summed E-state index contributed by atoms with van der Waals surface area (Å²) in [6.07, 6.45) is 13.7. The molecular weight excluding hydrogens is 550 g/mol. The van der Waals surface area contributed by atoms with Crippen LogP contribution in [0.4, 0.5) is 8.78 Å². The molecule has 1 atom stereocenters. The smallest absolute Gasteiger partial charge is 1.00 e. The number of carbonyl (C=O) groups is 1. The zero-order valence-corrected chi connectivity index (χ0v) is 19.4. The van der Waals surface area contributed by atoms with Gasteiger partial charge in [0.05, 0.1) is 0 Å². The molecule has 0 fully saturated rings. The number of rotatable bonds is 2. The van der Waals surface area contributed by atoms with Gasteiger partial charge in [-0.2, -0.15) is 0 Å². The summed E-state index contributed by atoms with van der Waals surface area (Å²) >= 11 is 6.13. The largest absolute Gasteiger partial charge is 2.00 e. The van der Waals surface area contributed by atoms with Gasteiger partial charge in [0.2, 0.25) is 0 Å². The van der Waals surface area contributed by atoms with Crippen LogP contribution in [0.25, 0.3) is 0 Å². The van der Waals surface area contributed by atoms with Gasteiger partial charge in [0, 0.05) is 20.1 Å². The SMILES string of the molecule is C#CC(O)c1ccc(F)cc1Br.O=Cc1ccc(F)cc1Br.[Br-].[C-]#C.[Mg+2]. The Morgan fingerprint density at radius 1 is 1.08 bits per heavy atom. The molecule has 26 heavy (non-hydrogen) atoms. The first-order chi connectivity index (χ1) is 11.4. The Kier molecular flexibility index (Phi) is 19.0. The van der Waals surface area contributed by atoms with Crippen LogP contribution in [0.5, 0.6) is 0 Å². The van der Waals surface area contributed by atoms with Gasteiger partial charge in [-0.3, -0.25) is 4.79 Å². The molecule has 0 aliphatic rings. The fourth-order valence-electron chi connectivity index (χ4n) is 1.41. The van der Waals surface area contributed by atoms with Crippen LogP contribution in [-0.4, -0.2) is 34.4 Å². The minimum Gasteiger partial charge on any atom is -1.00 e. The molecule has 0 amide bonds. The number of hydrogen-bond donors (Lipinski definition) is 1. The van der Waals surface area contributed by atoms with Crippen molar-refractivity contribution < 1.29 is 35.7 Å². The molecule has 0 radical (unpaired) electrons. The molecule has 132 valence electrons. The first-order valence-corrected chi connectivity index (χ1v) is 7.76. The summed E-state index contributed by atoms with van der Waals surface area (Å²) in [5.74, 6) is 1.43. The van der Waals surface area contributed by atoms with Gasteiger partial charge in [-0.25, -0.2) is 8.78 Å². The van der Waals surface area contributed by atoms with Gasteiger partial charge in [0.1, 0.15) is 17.7 Å². The second kappa shape index (κ2) is 16.4. The summed E-state index contributed by atoms with van der Waals surface area (Å²) in [6.45, 7) is 0. The van der Waals surface area contributed by atoms with Crippen LogP contribution in [0.1, 0.15) is 22.0 Å². The molecule has 0 aliphatic carbocycles. The van der Waals surface area contributed by atoms with Crippen molar-refractivity contribution in [3.8, 4) is 18.8 Å². The Labute approximate surface area is 194 Å². The van der Waals surface area contributed by atoms with Gasteiger partial charge in [0.25, 0.3) is 0 Å². The number of hydrogen-bond acceptors (Lipinski definition) is 2. The third-order valence-electron chi connectivity index (χ3n) is 2.50. The predicted molar refractivity (Wildman–Crippen MR) is 101 cm³/mol. The summed E-state index contributed by atoms with van der Waals surface area (Å²) in [6, 6.07) is 7.88. The zero-order valence-electron chi connectivity index (χ0n) is 13.2. The van der Waals surface area contributed by atoms with Crippen LogP contribution >= 0.6 is 31.9 Å². The molecule has 0 saturated heterocycles. The molecule has 2 nitrogen and oxygen atoms in total. The monoisotopic (exact) mass is 558 g/mol. The summed E-state index contributed by atoms with van der Waals surface area (Å²) in [5.41, 5.74) is 0.959. The van der Waals surface area contributed by atoms with Gasteiger partial charge in [-0.05, 0) is 46.3 Å². The summed E-state index contributed by atoms with van der Waals surface area (Å²) in [4.78, 5) is 10.2. The number of terminal acetylenes is 2. The molecule has 0 spiro atoms. The van der Waals surface area contributed by atoms with Crippen molar-refractivity contribution in [2.75, 3.05) is 0 Å². The number of aliphatic hydroxyl groups is 1. The van der Waals surface area contributed by atoms with Crippen LogP contribution in [0, 0.1) is 36.8 Å². The molecule has 8 heteroatoms. The Bertz CT molecular complexity index is 762. The third kappa shape index (κ3) is 10.4. The second-order valence-electron chi connectivity index (χ2n) is 4.02. The van der Waals surface area contributed by atoms with E-state index in [-0.39, 0.29) is 51.7 Å². The van der Waals surface area contributed by atoms with Crippen LogP contribution < -0.4 is 17.0 Å². The molecule has 1 unspecified atom stereocenters. The summed E-state index contributed by atoms with van der Waals surface area (Å²) in [5, 5.41) is 9.21. The van der Waals surface area contributed by atoms with Crippen molar-refractivity contribution in [1.82, 2.24) is 0 Å². The normalized spacial score (nSPS) is 9.31. The van der Waals surface area contributed by atoms with Crippen LogP contribution in [0.3, 0.4) is 0 Å². The van der Waals surface area contributed by atoms with E-state index in [4.69, 9.17) is 12.8 Å². The average Bonchev–Trinajstić information content (AvgIpc) is 2.57. The van der Waals surface area contributed by atoms with E-state index in [1.807, 2.05) is 0 Å². The van der Waals surface area contributed by atoms with E-state index in [0.29, 0.717) is 26.4 Å². The number of halogens is 5. The molecule has 0 aliphatic heterocycles. The van der Waals surface area contributed by atoms with E-state index in [1.54, 1.807) is 0 Å². The third-order valence-corrected chi connectivity index (χ3v) is 3.88. The van der Waals surface area contributed by atoms with Gasteiger partial charge in [-0.15, -0.1) is 6.42 Å². The van der Waals surface area contributed by atoms with Crippen LogP contribution in [0.2, 0.25) is 0 Å². The molecular formula is C18H11Br3F2MgO2. The Morgan fingerprint density at radius 3 is 1.92 bits per heavy atom. The second-order valence-corrected chi connectivity index (χ2v) is 5.73. The van der Waals surface area contributed by atoms with E-state index in [1.165, 1.54) is 36.4 Å². The van der Waals surface area contributed by atoms with Gasteiger partial charge in [-0.1, -0.05) is 27.9 Å². The molecule has 0 heterocycles. The Balaban J connectivity index is -0.000000350. The molecule has 0 bridgehead atoms. The summed E-state index contributed by atoms with van der Waals surface area (Å²) in [7, 11) is 0. The first-order valence-electron chi connectivity index (χ1n) is 6.17. The van der Waals surface area contributed by atoms with Crippen molar-refractivity contribution in [1.29, 1.82) is 0 Å². The quantitative estimate of drug-likeness (QED) is 0.261. The maximum atomic E-state index is 12.6. The molecule has 0 aromatic heterocycles. The van der Waals surface area contributed by atoms with Crippen LogP contribution in [0.15, 0.2) is 45.3 Å². The van der Waals surface area contributed by atoms with Crippen LogP contribution in [-0.2, 0) is 0 Å². The van der Waals surface area contributed by atoms with E-state index in [2.05, 4.69) is 44.2 Å². The van der Waals surface area contributed by atoms with Crippen molar-refractivity contribution in [2.45, 2.75) is 6.10 Å². The van der Waals surface area contributed by atoms with E-state index in [9.17, 15) is 18.7 Å². The number of aldehydes is 1. The van der Waals surface area contributed by atoms with Crippen molar-refractivity contribution in [3.05, 3.63) is 74.5 Å². The topological polar surface area (TPSA) is 37.3 Å². The van der Waals surface area contributed by atoms with Gasteiger partial charge >= 0.3 is 23.1 Å². The van der Waals surface area contributed by atoms with E-state index < -0.39 is 6.10 Å². The van der Waals surface area contributed by atoms with Gasteiger partial charge in [0.15, 0.2) is 6.29 Å². The zero-order chi connectivity index (χ0) is 18.7. The van der Waals surface area contributed by atoms with Gasteiger partial charge < -0.3 is 34.9 Å². The minimum absolute atomic E-state index is 0. The molecule has 2 rings (SSSR count). The standard InChI is InChI=1S/C9H6BrFO.C7H4BrFO.C2H.BrH.Mg/c1-2-9(12)7-4-3-6(11)5-8(7)10;8-7-3-6(9)2-1-5(7)4-10;1-2;;/h1,3-5,9,12H;1-4H;1H;1H;/q;;-1;;+2/p-1. The maximum absolute atomic E-state index is 12.6. The van der Waals surface area contributed by atoms with Crippen molar-refractivity contribution in [2.24, 2.45) is 0 Å². The van der Waals surface area contributed by atoms with E-state index >= 15 is 0 Å². The molecule has 2 aromatic rings.